The van der Waals surface area contributed by atoms with Crippen LogP contribution in [0.1, 0.15) is 33.3 Å². The van der Waals surface area contributed by atoms with Gasteiger partial charge in [-0.25, -0.2) is 9.18 Å². The minimum atomic E-state index is -0.657. The van der Waals surface area contributed by atoms with E-state index >= 15 is 0 Å². The first-order chi connectivity index (χ1) is 15.4. The summed E-state index contributed by atoms with van der Waals surface area (Å²) in [7, 11) is 0. The fourth-order valence-electron chi connectivity index (χ4n) is 3.63. The van der Waals surface area contributed by atoms with Gasteiger partial charge in [-0.05, 0) is 79.9 Å². The van der Waals surface area contributed by atoms with Crippen LogP contribution >= 0.6 is 23.4 Å². The minimum absolute atomic E-state index is 0.0595. The predicted octanol–water partition coefficient (Wildman–Crippen LogP) is 6.55. The number of esters is 1. The molecule has 0 unspecified atom stereocenters. The Bertz CT molecular complexity index is 1310. The van der Waals surface area contributed by atoms with Crippen LogP contribution in [-0.2, 0) is 4.74 Å². The molecule has 4 aromatic rings. The molecule has 32 heavy (non-hydrogen) atoms. The van der Waals surface area contributed by atoms with Crippen LogP contribution in [0.15, 0.2) is 71.6 Å². The van der Waals surface area contributed by atoms with Gasteiger partial charge in [-0.1, -0.05) is 11.6 Å². The van der Waals surface area contributed by atoms with E-state index in [1.807, 2.05) is 30.5 Å². The second-order valence-corrected chi connectivity index (χ2v) is 8.29. The van der Waals surface area contributed by atoms with Crippen molar-refractivity contribution in [2.24, 2.45) is 0 Å². The number of halogens is 2. The highest BCUT2D eigenvalue weighted by atomic mass is 35.5. The van der Waals surface area contributed by atoms with E-state index in [1.54, 1.807) is 47.5 Å². The fraction of sp³-hybridized carbons (Fsp3) is 0.120. The molecule has 162 valence electrons. The predicted molar refractivity (Wildman–Crippen MR) is 126 cm³/mol. The summed E-state index contributed by atoms with van der Waals surface area (Å²) in [5.74, 6) is -1.51. The smallest absolute Gasteiger partial charge is 0.356 e. The summed E-state index contributed by atoms with van der Waals surface area (Å²) in [4.78, 5) is 27.7. The van der Waals surface area contributed by atoms with Crippen LogP contribution in [0.4, 0.5) is 4.39 Å². The normalized spacial score (nSPS) is 11.0. The molecule has 4 rings (SSSR count). The van der Waals surface area contributed by atoms with E-state index in [1.165, 1.54) is 18.2 Å². The van der Waals surface area contributed by atoms with Gasteiger partial charge in [0.15, 0.2) is 5.78 Å². The highest BCUT2D eigenvalue weighted by Crippen LogP contribution is 2.33. The van der Waals surface area contributed by atoms with Crippen LogP contribution in [-0.4, -0.2) is 29.2 Å². The number of thioether (sulfide) groups is 1. The molecule has 0 aliphatic rings. The van der Waals surface area contributed by atoms with Gasteiger partial charge < -0.3 is 9.30 Å². The molecule has 1 heterocycles. The average Bonchev–Trinajstić information content (AvgIpc) is 3.13. The molecule has 0 amide bonds. The Morgan fingerprint density at radius 2 is 1.72 bits per heavy atom. The SMILES string of the molecule is CCOC(=O)c1c(C(=O)c2ccc(Cl)cc2)c2ccc(F)cc2n1-c1ccc(SC)cc1. The van der Waals surface area contributed by atoms with Crippen molar-refractivity contribution in [3.63, 3.8) is 0 Å². The number of fused-ring (bicyclic) bond motifs is 1. The van der Waals surface area contributed by atoms with Gasteiger partial charge in [-0.3, -0.25) is 4.79 Å². The molecule has 4 nitrogen and oxygen atoms in total. The fourth-order valence-corrected chi connectivity index (χ4v) is 4.16. The highest BCUT2D eigenvalue weighted by Gasteiger charge is 2.29. The lowest BCUT2D eigenvalue weighted by molar-refractivity contribution is 0.0514. The second kappa shape index (κ2) is 9.18. The second-order valence-electron chi connectivity index (χ2n) is 6.98. The van der Waals surface area contributed by atoms with E-state index in [-0.39, 0.29) is 23.6 Å². The first-order valence-corrected chi connectivity index (χ1v) is 11.5. The summed E-state index contributed by atoms with van der Waals surface area (Å²) in [5.41, 5.74) is 1.61. The molecule has 0 saturated heterocycles. The number of benzene rings is 3. The van der Waals surface area contributed by atoms with Crippen molar-refractivity contribution in [2.45, 2.75) is 11.8 Å². The third kappa shape index (κ3) is 4.04. The van der Waals surface area contributed by atoms with E-state index in [0.29, 0.717) is 27.2 Å². The lowest BCUT2D eigenvalue weighted by atomic mass is 10.00. The summed E-state index contributed by atoms with van der Waals surface area (Å²) in [5, 5.41) is 0.953. The van der Waals surface area contributed by atoms with Gasteiger partial charge in [-0.15, -0.1) is 11.8 Å². The van der Waals surface area contributed by atoms with Gasteiger partial charge in [0.2, 0.25) is 0 Å². The van der Waals surface area contributed by atoms with Gasteiger partial charge in [-0.2, -0.15) is 0 Å². The first-order valence-electron chi connectivity index (χ1n) is 9.90. The summed E-state index contributed by atoms with van der Waals surface area (Å²) in [6.45, 7) is 1.83. The lowest BCUT2D eigenvalue weighted by Gasteiger charge is -2.12. The van der Waals surface area contributed by atoms with Crippen LogP contribution in [0.2, 0.25) is 5.02 Å². The Hall–Kier alpha value is -3.09. The monoisotopic (exact) mass is 467 g/mol. The molecular weight excluding hydrogens is 449 g/mol. The Kier molecular flexibility index (Phi) is 6.35. The standard InChI is InChI=1S/C25H19ClFNO3S/c1-3-31-25(30)23-22(24(29)15-4-6-16(26)7-5-15)20-13-8-17(27)14-21(20)28(23)18-9-11-19(32-2)12-10-18/h4-14H,3H2,1-2H3. The molecule has 0 bridgehead atoms. The number of carbonyl (C=O) groups is 2. The van der Waals surface area contributed by atoms with Crippen molar-refractivity contribution in [3.05, 3.63) is 94.4 Å². The van der Waals surface area contributed by atoms with Crippen molar-refractivity contribution in [3.8, 4) is 5.69 Å². The largest absolute Gasteiger partial charge is 0.461 e. The number of carbonyl (C=O) groups excluding carboxylic acids is 2. The van der Waals surface area contributed by atoms with Crippen molar-refractivity contribution < 1.29 is 18.7 Å². The molecular formula is C25H19ClFNO3S. The quantitative estimate of drug-likeness (QED) is 0.183. The Morgan fingerprint density at radius 1 is 1.03 bits per heavy atom. The Labute approximate surface area is 193 Å². The van der Waals surface area contributed by atoms with Crippen molar-refractivity contribution in [1.82, 2.24) is 4.57 Å². The Morgan fingerprint density at radius 3 is 2.34 bits per heavy atom. The summed E-state index contributed by atoms with van der Waals surface area (Å²) in [6.07, 6.45) is 1.96. The van der Waals surface area contributed by atoms with E-state index in [0.717, 1.165) is 4.90 Å². The van der Waals surface area contributed by atoms with Crippen LogP contribution in [0, 0.1) is 5.82 Å². The van der Waals surface area contributed by atoms with E-state index in [2.05, 4.69) is 0 Å². The van der Waals surface area contributed by atoms with E-state index in [4.69, 9.17) is 16.3 Å². The molecule has 0 aliphatic carbocycles. The Balaban J connectivity index is 2.06. The maximum Gasteiger partial charge on any atom is 0.356 e. The van der Waals surface area contributed by atoms with Crippen LogP contribution in [0.25, 0.3) is 16.6 Å². The van der Waals surface area contributed by atoms with Crippen LogP contribution in [0.5, 0.6) is 0 Å². The molecule has 7 heteroatoms. The number of ketones is 1. The zero-order valence-corrected chi connectivity index (χ0v) is 19.0. The average molecular weight is 468 g/mol. The number of rotatable bonds is 6. The number of nitrogens with zero attached hydrogens (tertiary/aromatic N) is 1. The molecule has 3 aromatic carbocycles. The van der Waals surface area contributed by atoms with Crippen molar-refractivity contribution >= 4 is 46.0 Å². The third-order valence-electron chi connectivity index (χ3n) is 5.06. The van der Waals surface area contributed by atoms with E-state index < -0.39 is 11.8 Å². The molecule has 0 fully saturated rings. The summed E-state index contributed by atoms with van der Waals surface area (Å²) in [6, 6.07) is 18.0. The molecule has 1 aromatic heterocycles. The van der Waals surface area contributed by atoms with Crippen molar-refractivity contribution in [2.75, 3.05) is 12.9 Å². The number of ether oxygens (including phenoxy) is 1. The lowest BCUT2D eigenvalue weighted by Crippen LogP contribution is -2.16. The van der Waals surface area contributed by atoms with Gasteiger partial charge in [0.05, 0.1) is 17.7 Å². The molecule has 0 atom stereocenters. The zero-order chi connectivity index (χ0) is 22.8. The molecule has 0 spiro atoms. The maximum atomic E-state index is 14.3. The van der Waals surface area contributed by atoms with Gasteiger partial charge >= 0.3 is 5.97 Å². The molecule has 0 saturated carbocycles. The topological polar surface area (TPSA) is 48.3 Å². The number of aromatic nitrogens is 1. The van der Waals surface area contributed by atoms with Gasteiger partial charge in [0.1, 0.15) is 11.5 Å². The maximum absolute atomic E-state index is 14.3. The van der Waals surface area contributed by atoms with E-state index in [9.17, 15) is 14.0 Å². The van der Waals surface area contributed by atoms with Crippen LogP contribution < -0.4 is 0 Å². The van der Waals surface area contributed by atoms with Gasteiger partial charge in [0.25, 0.3) is 0 Å². The minimum Gasteiger partial charge on any atom is -0.461 e. The number of hydrogen-bond acceptors (Lipinski definition) is 4. The van der Waals surface area contributed by atoms with Crippen LogP contribution in [0.3, 0.4) is 0 Å². The first kappa shape index (κ1) is 22.1. The molecule has 0 radical (unpaired) electrons. The van der Waals surface area contributed by atoms with Crippen molar-refractivity contribution in [1.29, 1.82) is 0 Å². The molecule has 0 N–H and O–H groups in total. The molecule has 0 aliphatic heterocycles. The number of hydrogen-bond donors (Lipinski definition) is 0. The summed E-state index contributed by atoms with van der Waals surface area (Å²) >= 11 is 7.55. The third-order valence-corrected chi connectivity index (χ3v) is 6.06. The highest BCUT2D eigenvalue weighted by molar-refractivity contribution is 7.98. The summed E-state index contributed by atoms with van der Waals surface area (Å²) < 4.78 is 21.2. The van der Waals surface area contributed by atoms with Gasteiger partial charge in [0, 0.05) is 26.6 Å². The zero-order valence-electron chi connectivity index (χ0n) is 17.4.